The van der Waals surface area contributed by atoms with Crippen LogP contribution in [-0.2, 0) is 11.2 Å². The molecule has 0 radical (unpaired) electrons. The van der Waals surface area contributed by atoms with Gasteiger partial charge in [0, 0.05) is 23.5 Å². The third kappa shape index (κ3) is 5.51. The van der Waals surface area contributed by atoms with E-state index >= 15 is 0 Å². The molecular formula is C28H30N2O4S. The Morgan fingerprint density at radius 3 is 2.63 bits per heavy atom. The lowest BCUT2D eigenvalue weighted by Gasteiger charge is -2.37. The summed E-state index contributed by atoms with van der Waals surface area (Å²) in [5.74, 6) is 1.72. The largest absolute Gasteiger partial charge is 0.497 e. The molecule has 2 heterocycles. The van der Waals surface area contributed by atoms with Gasteiger partial charge in [0.25, 0.3) is 5.91 Å². The normalized spacial score (nSPS) is 16.9. The molecule has 1 fully saturated rings. The zero-order valence-electron chi connectivity index (χ0n) is 19.9. The lowest BCUT2D eigenvalue weighted by molar-refractivity contribution is -0.135. The van der Waals surface area contributed by atoms with E-state index in [1.165, 1.54) is 4.88 Å². The number of benzene rings is 2. The van der Waals surface area contributed by atoms with E-state index in [-0.39, 0.29) is 24.4 Å². The van der Waals surface area contributed by atoms with Gasteiger partial charge >= 0.3 is 0 Å². The Kier molecular flexibility index (Phi) is 7.04. The first-order valence-electron chi connectivity index (χ1n) is 12.1. The van der Waals surface area contributed by atoms with Crippen LogP contribution in [-0.4, -0.2) is 55.0 Å². The Morgan fingerprint density at radius 2 is 1.86 bits per heavy atom. The van der Waals surface area contributed by atoms with Crippen LogP contribution in [0.2, 0.25) is 0 Å². The SMILES string of the molecule is COc1cccc(C(=O)N(CC(=O)N2CCc3sccc3[C@H]2COc2ccccc2)CC2CC2)c1. The quantitative estimate of drug-likeness (QED) is 0.432. The minimum atomic E-state index is -0.174. The van der Waals surface area contributed by atoms with Crippen LogP contribution < -0.4 is 9.47 Å². The highest BCUT2D eigenvalue weighted by molar-refractivity contribution is 7.10. The van der Waals surface area contributed by atoms with Gasteiger partial charge in [-0.25, -0.2) is 0 Å². The number of fused-ring (bicyclic) bond motifs is 1. The lowest BCUT2D eigenvalue weighted by atomic mass is 10.0. The number of hydrogen-bond donors (Lipinski definition) is 0. The van der Waals surface area contributed by atoms with Crippen molar-refractivity contribution in [3.05, 3.63) is 82.0 Å². The molecule has 1 atom stereocenters. The first kappa shape index (κ1) is 23.4. The summed E-state index contributed by atoms with van der Waals surface area (Å²) in [6.45, 7) is 1.67. The summed E-state index contributed by atoms with van der Waals surface area (Å²) in [4.78, 5) is 32.0. The van der Waals surface area contributed by atoms with Gasteiger partial charge in [-0.1, -0.05) is 24.3 Å². The van der Waals surface area contributed by atoms with Gasteiger partial charge in [-0.3, -0.25) is 9.59 Å². The minimum absolute atomic E-state index is 0.0413. The third-order valence-corrected chi connectivity index (χ3v) is 7.67. The summed E-state index contributed by atoms with van der Waals surface area (Å²) < 4.78 is 11.4. The second kappa shape index (κ2) is 10.5. The first-order chi connectivity index (χ1) is 17.1. The molecule has 1 saturated carbocycles. The van der Waals surface area contributed by atoms with Crippen LogP contribution in [0.25, 0.3) is 0 Å². The van der Waals surface area contributed by atoms with Crippen LogP contribution in [0.15, 0.2) is 66.0 Å². The Balaban J connectivity index is 1.34. The molecule has 2 amide bonds. The number of para-hydroxylation sites is 1. The summed E-state index contributed by atoms with van der Waals surface area (Å²) in [7, 11) is 1.59. The maximum Gasteiger partial charge on any atom is 0.254 e. The molecule has 1 aromatic heterocycles. The van der Waals surface area contributed by atoms with E-state index in [0.717, 1.165) is 30.6 Å². The molecule has 35 heavy (non-hydrogen) atoms. The van der Waals surface area contributed by atoms with E-state index in [4.69, 9.17) is 9.47 Å². The number of rotatable bonds is 9. The van der Waals surface area contributed by atoms with Crippen molar-refractivity contribution in [2.75, 3.05) is 33.4 Å². The molecule has 6 nitrogen and oxygen atoms in total. The van der Waals surface area contributed by atoms with Crippen molar-refractivity contribution in [3.8, 4) is 11.5 Å². The highest BCUT2D eigenvalue weighted by Crippen LogP contribution is 2.35. The monoisotopic (exact) mass is 490 g/mol. The summed E-state index contributed by atoms with van der Waals surface area (Å²) in [6, 6.07) is 18.7. The van der Waals surface area contributed by atoms with Crippen LogP contribution >= 0.6 is 11.3 Å². The van der Waals surface area contributed by atoms with Gasteiger partial charge in [0.15, 0.2) is 0 Å². The Morgan fingerprint density at radius 1 is 1.06 bits per heavy atom. The summed E-state index contributed by atoms with van der Waals surface area (Å²) in [5, 5.41) is 2.08. The van der Waals surface area contributed by atoms with E-state index in [2.05, 4.69) is 11.4 Å². The van der Waals surface area contributed by atoms with Crippen molar-refractivity contribution in [1.29, 1.82) is 0 Å². The average Bonchev–Trinajstić information content (AvgIpc) is 3.59. The van der Waals surface area contributed by atoms with Crippen molar-refractivity contribution in [2.45, 2.75) is 25.3 Å². The van der Waals surface area contributed by atoms with Crippen LogP contribution in [0.4, 0.5) is 0 Å². The van der Waals surface area contributed by atoms with Gasteiger partial charge in [-0.05, 0) is 72.5 Å². The van der Waals surface area contributed by atoms with Crippen LogP contribution in [0, 0.1) is 5.92 Å². The molecule has 1 aliphatic carbocycles. The van der Waals surface area contributed by atoms with Crippen molar-refractivity contribution >= 4 is 23.2 Å². The van der Waals surface area contributed by atoms with Gasteiger partial charge in [0.1, 0.15) is 24.7 Å². The maximum absolute atomic E-state index is 13.7. The topological polar surface area (TPSA) is 59.1 Å². The minimum Gasteiger partial charge on any atom is -0.497 e. The van der Waals surface area contributed by atoms with Crippen LogP contribution in [0.3, 0.4) is 0 Å². The van der Waals surface area contributed by atoms with Gasteiger partial charge in [0.05, 0.1) is 13.2 Å². The van der Waals surface area contributed by atoms with Gasteiger partial charge < -0.3 is 19.3 Å². The number of carbonyl (C=O) groups excluding carboxylic acids is 2. The molecule has 3 aromatic rings. The first-order valence-corrected chi connectivity index (χ1v) is 13.0. The number of ether oxygens (including phenoxy) is 2. The number of amides is 2. The standard InChI is InChI=1S/C28H30N2O4S/c1-33-23-9-5-6-21(16-23)28(32)29(17-20-10-11-20)18-27(31)30-14-12-26-24(13-15-35-26)25(30)19-34-22-7-3-2-4-8-22/h2-9,13,15-16,20,25H,10-12,14,17-19H2,1H3/t25-/m1/s1. The smallest absolute Gasteiger partial charge is 0.254 e. The lowest BCUT2D eigenvalue weighted by Crippen LogP contribution is -2.48. The van der Waals surface area contributed by atoms with Crippen molar-refractivity contribution in [2.24, 2.45) is 5.92 Å². The highest BCUT2D eigenvalue weighted by Gasteiger charge is 2.35. The Bertz CT molecular complexity index is 1170. The average molecular weight is 491 g/mol. The molecule has 0 bridgehead atoms. The molecule has 7 heteroatoms. The number of carbonyl (C=O) groups is 2. The van der Waals surface area contributed by atoms with Crippen molar-refractivity contribution in [3.63, 3.8) is 0 Å². The molecule has 1 aliphatic heterocycles. The van der Waals surface area contributed by atoms with E-state index in [0.29, 0.717) is 36.9 Å². The molecule has 182 valence electrons. The Labute approximate surface area is 210 Å². The molecule has 2 aliphatic rings. The molecule has 0 saturated heterocycles. The van der Waals surface area contributed by atoms with E-state index in [1.807, 2.05) is 47.4 Å². The number of methoxy groups -OCH3 is 1. The molecule has 0 N–H and O–H groups in total. The highest BCUT2D eigenvalue weighted by atomic mass is 32.1. The fourth-order valence-electron chi connectivity index (χ4n) is 4.59. The van der Waals surface area contributed by atoms with E-state index in [1.54, 1.807) is 35.5 Å². The molecular weight excluding hydrogens is 460 g/mol. The number of hydrogen-bond acceptors (Lipinski definition) is 5. The predicted molar refractivity (Wildman–Crippen MR) is 136 cm³/mol. The maximum atomic E-state index is 13.7. The fraction of sp³-hybridized carbons (Fsp3) is 0.357. The summed E-state index contributed by atoms with van der Waals surface area (Å²) >= 11 is 1.73. The zero-order chi connectivity index (χ0) is 24.2. The van der Waals surface area contributed by atoms with Crippen molar-refractivity contribution < 1.29 is 19.1 Å². The Hall–Kier alpha value is -3.32. The van der Waals surface area contributed by atoms with Crippen molar-refractivity contribution in [1.82, 2.24) is 9.80 Å². The third-order valence-electron chi connectivity index (χ3n) is 6.67. The summed E-state index contributed by atoms with van der Waals surface area (Å²) in [5.41, 5.74) is 1.69. The zero-order valence-corrected chi connectivity index (χ0v) is 20.7. The number of nitrogens with zero attached hydrogens (tertiary/aromatic N) is 2. The summed E-state index contributed by atoms with van der Waals surface area (Å²) in [6.07, 6.45) is 3.03. The van der Waals surface area contributed by atoms with Crippen LogP contribution in [0.5, 0.6) is 11.5 Å². The number of thiophene rings is 1. The van der Waals surface area contributed by atoms with Gasteiger partial charge in [-0.2, -0.15) is 0 Å². The molecule has 5 rings (SSSR count). The van der Waals surface area contributed by atoms with Crippen LogP contribution in [0.1, 0.15) is 39.7 Å². The fourth-order valence-corrected chi connectivity index (χ4v) is 5.52. The molecule has 0 spiro atoms. The predicted octanol–water partition coefficient (Wildman–Crippen LogP) is 4.81. The second-order valence-electron chi connectivity index (χ2n) is 9.14. The second-order valence-corrected chi connectivity index (χ2v) is 10.1. The van der Waals surface area contributed by atoms with E-state index in [9.17, 15) is 9.59 Å². The molecule has 2 aromatic carbocycles. The molecule has 0 unspecified atom stereocenters. The van der Waals surface area contributed by atoms with Gasteiger partial charge in [-0.15, -0.1) is 11.3 Å². The van der Waals surface area contributed by atoms with Gasteiger partial charge in [0.2, 0.25) is 5.91 Å². The van der Waals surface area contributed by atoms with E-state index < -0.39 is 0 Å².